The standard InChI is InChI=1S/C17H15ClN2O/c18-13-4-2-6-15(10-13)20-11-16-7-8-17(21-16)12-3-1-5-14(19)9-12/h1-10,20H,11,19H2. The molecule has 0 aliphatic heterocycles. The number of rotatable bonds is 4. The molecule has 106 valence electrons. The first kappa shape index (κ1) is 13.6. The molecule has 0 saturated carbocycles. The molecule has 21 heavy (non-hydrogen) atoms. The van der Waals surface area contributed by atoms with Crippen molar-refractivity contribution in [1.82, 2.24) is 0 Å². The smallest absolute Gasteiger partial charge is 0.134 e. The van der Waals surface area contributed by atoms with Crippen LogP contribution in [0.5, 0.6) is 0 Å². The Bertz CT molecular complexity index is 752. The van der Waals surface area contributed by atoms with Crippen molar-refractivity contribution >= 4 is 23.0 Å². The summed E-state index contributed by atoms with van der Waals surface area (Å²) in [5, 5.41) is 3.98. The van der Waals surface area contributed by atoms with Crippen molar-refractivity contribution in [3.63, 3.8) is 0 Å². The van der Waals surface area contributed by atoms with Crippen molar-refractivity contribution in [3.05, 3.63) is 71.4 Å². The van der Waals surface area contributed by atoms with E-state index >= 15 is 0 Å². The maximum atomic E-state index is 5.95. The van der Waals surface area contributed by atoms with E-state index in [0.717, 1.165) is 28.5 Å². The van der Waals surface area contributed by atoms with Crippen molar-refractivity contribution in [3.8, 4) is 11.3 Å². The van der Waals surface area contributed by atoms with Crippen LogP contribution in [0.2, 0.25) is 5.02 Å². The maximum absolute atomic E-state index is 5.95. The lowest BCUT2D eigenvalue weighted by Crippen LogP contribution is -1.97. The molecule has 3 rings (SSSR count). The van der Waals surface area contributed by atoms with Gasteiger partial charge < -0.3 is 15.5 Å². The van der Waals surface area contributed by atoms with Crippen LogP contribution in [0.4, 0.5) is 11.4 Å². The third kappa shape index (κ3) is 3.38. The van der Waals surface area contributed by atoms with Gasteiger partial charge in [0.1, 0.15) is 11.5 Å². The van der Waals surface area contributed by atoms with E-state index in [9.17, 15) is 0 Å². The zero-order valence-corrected chi connectivity index (χ0v) is 12.1. The molecule has 0 fully saturated rings. The van der Waals surface area contributed by atoms with Crippen LogP contribution in [-0.4, -0.2) is 0 Å². The van der Waals surface area contributed by atoms with Gasteiger partial charge in [0.2, 0.25) is 0 Å². The summed E-state index contributed by atoms with van der Waals surface area (Å²) in [6.45, 7) is 0.600. The largest absolute Gasteiger partial charge is 0.459 e. The third-order valence-electron chi connectivity index (χ3n) is 3.12. The molecule has 0 radical (unpaired) electrons. The number of nitrogens with two attached hydrogens (primary N) is 1. The second-order valence-corrected chi connectivity index (χ2v) is 5.19. The second-order valence-electron chi connectivity index (χ2n) is 4.76. The van der Waals surface area contributed by atoms with Gasteiger partial charge in [-0.1, -0.05) is 29.8 Å². The lowest BCUT2D eigenvalue weighted by atomic mass is 10.1. The Hall–Kier alpha value is -2.39. The van der Waals surface area contributed by atoms with Gasteiger partial charge in [-0.3, -0.25) is 0 Å². The maximum Gasteiger partial charge on any atom is 0.134 e. The molecule has 0 spiro atoms. The molecular formula is C17H15ClN2O. The van der Waals surface area contributed by atoms with Crippen molar-refractivity contribution in [1.29, 1.82) is 0 Å². The lowest BCUT2D eigenvalue weighted by molar-refractivity contribution is 0.531. The molecule has 1 aromatic heterocycles. The summed E-state index contributed by atoms with van der Waals surface area (Å²) in [5.74, 6) is 1.66. The molecule has 3 nitrogen and oxygen atoms in total. The van der Waals surface area contributed by atoms with Crippen LogP contribution in [0.25, 0.3) is 11.3 Å². The molecule has 0 saturated heterocycles. The van der Waals surface area contributed by atoms with Gasteiger partial charge in [-0.25, -0.2) is 0 Å². The van der Waals surface area contributed by atoms with Crippen molar-refractivity contribution < 1.29 is 4.42 Å². The Morgan fingerprint density at radius 2 is 1.86 bits per heavy atom. The fourth-order valence-electron chi connectivity index (χ4n) is 2.11. The summed E-state index contributed by atoms with van der Waals surface area (Å²) in [4.78, 5) is 0. The minimum Gasteiger partial charge on any atom is -0.459 e. The number of nitrogen functional groups attached to an aromatic ring is 1. The molecule has 2 aromatic carbocycles. The van der Waals surface area contributed by atoms with Crippen LogP contribution in [0.3, 0.4) is 0 Å². The summed E-state index contributed by atoms with van der Waals surface area (Å²) in [6, 6.07) is 19.1. The van der Waals surface area contributed by atoms with E-state index in [1.807, 2.05) is 60.7 Å². The predicted molar refractivity (Wildman–Crippen MR) is 87.3 cm³/mol. The molecule has 1 heterocycles. The monoisotopic (exact) mass is 298 g/mol. The summed E-state index contributed by atoms with van der Waals surface area (Å²) in [6.07, 6.45) is 0. The molecule has 0 bridgehead atoms. The average molecular weight is 299 g/mol. The van der Waals surface area contributed by atoms with E-state index in [0.29, 0.717) is 11.6 Å². The van der Waals surface area contributed by atoms with E-state index in [-0.39, 0.29) is 0 Å². The van der Waals surface area contributed by atoms with Crippen LogP contribution in [0.1, 0.15) is 5.76 Å². The number of halogens is 1. The van der Waals surface area contributed by atoms with E-state index in [4.69, 9.17) is 21.8 Å². The lowest BCUT2D eigenvalue weighted by Gasteiger charge is -2.04. The van der Waals surface area contributed by atoms with Crippen molar-refractivity contribution in [2.24, 2.45) is 0 Å². The SMILES string of the molecule is Nc1cccc(-c2ccc(CNc3cccc(Cl)c3)o2)c1. The van der Waals surface area contributed by atoms with Gasteiger partial charge in [-0.2, -0.15) is 0 Å². The first-order chi connectivity index (χ1) is 10.2. The Balaban J connectivity index is 1.71. The molecular weight excluding hydrogens is 284 g/mol. The van der Waals surface area contributed by atoms with E-state index in [1.54, 1.807) is 0 Å². The molecule has 4 heteroatoms. The van der Waals surface area contributed by atoms with Gasteiger partial charge in [0.15, 0.2) is 0 Å². The average Bonchev–Trinajstić information content (AvgIpc) is 2.94. The third-order valence-corrected chi connectivity index (χ3v) is 3.36. The molecule has 3 aromatic rings. The highest BCUT2D eigenvalue weighted by molar-refractivity contribution is 6.30. The summed E-state index contributed by atoms with van der Waals surface area (Å²) >= 11 is 5.95. The molecule has 0 unspecified atom stereocenters. The molecule has 3 N–H and O–H groups in total. The van der Waals surface area contributed by atoms with Gasteiger partial charge >= 0.3 is 0 Å². The van der Waals surface area contributed by atoms with E-state index in [2.05, 4.69) is 5.32 Å². The highest BCUT2D eigenvalue weighted by atomic mass is 35.5. The van der Waals surface area contributed by atoms with Gasteiger partial charge in [-0.05, 0) is 42.5 Å². The Morgan fingerprint density at radius 1 is 1.00 bits per heavy atom. The first-order valence-electron chi connectivity index (χ1n) is 6.65. The highest BCUT2D eigenvalue weighted by Gasteiger charge is 2.05. The topological polar surface area (TPSA) is 51.2 Å². The van der Waals surface area contributed by atoms with Crippen LogP contribution in [-0.2, 0) is 6.54 Å². The second kappa shape index (κ2) is 5.94. The molecule has 0 amide bonds. The first-order valence-corrected chi connectivity index (χ1v) is 7.02. The number of furan rings is 1. The summed E-state index contributed by atoms with van der Waals surface area (Å²) in [5.41, 5.74) is 8.45. The summed E-state index contributed by atoms with van der Waals surface area (Å²) in [7, 11) is 0. The molecule has 0 aliphatic rings. The van der Waals surface area contributed by atoms with Crippen molar-refractivity contribution in [2.45, 2.75) is 6.54 Å². The fourth-order valence-corrected chi connectivity index (χ4v) is 2.30. The quantitative estimate of drug-likeness (QED) is 0.681. The van der Waals surface area contributed by atoms with Crippen molar-refractivity contribution in [2.75, 3.05) is 11.1 Å². The van der Waals surface area contributed by atoms with E-state index < -0.39 is 0 Å². The van der Waals surface area contributed by atoms with Crippen LogP contribution in [0, 0.1) is 0 Å². The zero-order chi connectivity index (χ0) is 14.7. The minimum atomic E-state index is 0.600. The Morgan fingerprint density at radius 3 is 2.67 bits per heavy atom. The number of hydrogen-bond acceptors (Lipinski definition) is 3. The molecule has 0 aliphatic carbocycles. The van der Waals surface area contributed by atoms with Gasteiger partial charge in [0.25, 0.3) is 0 Å². The van der Waals surface area contributed by atoms with Crippen LogP contribution < -0.4 is 11.1 Å². The number of hydrogen-bond donors (Lipinski definition) is 2. The number of anilines is 2. The number of benzene rings is 2. The number of nitrogens with one attached hydrogen (secondary N) is 1. The van der Waals surface area contributed by atoms with Crippen LogP contribution >= 0.6 is 11.6 Å². The normalized spacial score (nSPS) is 10.5. The molecule has 0 atom stereocenters. The van der Waals surface area contributed by atoms with Gasteiger partial charge in [-0.15, -0.1) is 0 Å². The van der Waals surface area contributed by atoms with Crippen LogP contribution in [0.15, 0.2) is 65.1 Å². The van der Waals surface area contributed by atoms with Gasteiger partial charge in [0.05, 0.1) is 6.54 Å². The minimum absolute atomic E-state index is 0.600. The summed E-state index contributed by atoms with van der Waals surface area (Å²) < 4.78 is 5.83. The highest BCUT2D eigenvalue weighted by Crippen LogP contribution is 2.24. The van der Waals surface area contributed by atoms with E-state index in [1.165, 1.54) is 0 Å². The predicted octanol–water partition coefficient (Wildman–Crippen LogP) is 4.79. The Labute approximate surface area is 128 Å². The Kier molecular flexibility index (Phi) is 3.84. The zero-order valence-electron chi connectivity index (χ0n) is 11.3. The van der Waals surface area contributed by atoms with Gasteiger partial charge in [0, 0.05) is 22.0 Å². The fraction of sp³-hybridized carbons (Fsp3) is 0.0588.